The number of anilines is 1. The van der Waals surface area contributed by atoms with Crippen LogP contribution in [-0.4, -0.2) is 82.3 Å². The van der Waals surface area contributed by atoms with Crippen LogP contribution >= 0.6 is 11.6 Å². The largest absolute Gasteiger partial charge is 0.453 e. The molecule has 4 rings (SSSR count). The second-order valence-corrected chi connectivity index (χ2v) is 7.89. The molecule has 0 radical (unpaired) electrons. The lowest BCUT2D eigenvalue weighted by atomic mass is 10.1. The van der Waals surface area contributed by atoms with E-state index in [0.717, 1.165) is 0 Å². The first kappa shape index (κ1) is 23.5. The Kier molecular flexibility index (Phi) is 6.46. The number of aromatic nitrogens is 4. The van der Waals surface area contributed by atoms with E-state index >= 15 is 0 Å². The van der Waals surface area contributed by atoms with Crippen molar-refractivity contribution in [1.29, 1.82) is 0 Å². The monoisotopic (exact) mass is 501 g/mol. The molecule has 34 heavy (non-hydrogen) atoms. The lowest BCUT2D eigenvalue weighted by molar-refractivity contribution is -0.139. The first-order valence-electron chi connectivity index (χ1n) is 10.1. The number of H-pyrrole nitrogens is 1. The van der Waals surface area contributed by atoms with Gasteiger partial charge >= 0.3 is 12.3 Å². The third kappa shape index (κ3) is 4.98. The van der Waals surface area contributed by atoms with Crippen LogP contribution in [0.1, 0.15) is 2.85 Å². The molecule has 1 fully saturated rings. The third-order valence-corrected chi connectivity index (χ3v) is 5.46. The predicted octanol–water partition coefficient (Wildman–Crippen LogP) is 3.10. The van der Waals surface area contributed by atoms with E-state index in [0.29, 0.717) is 33.3 Å². The molecule has 1 atom stereocenters. The summed E-state index contributed by atoms with van der Waals surface area (Å²) in [6, 6.07) is 2.12. The maximum Gasteiger partial charge on any atom is 0.409 e. The fourth-order valence-corrected chi connectivity index (χ4v) is 3.84. The molecule has 3 aromatic rings. The molecule has 1 aliphatic heterocycles. The molecule has 0 unspecified atom stereocenters. The number of hydrogen-bond donors (Lipinski definition) is 2. The zero-order valence-electron chi connectivity index (χ0n) is 17.8. The molecule has 0 aliphatic carbocycles. The standard InChI is InChI=1S/C20H19ClF3N7O3.2H2/c1-34-19(33)30-4-5-31(14(9-30)18(32)28-10-20(22,23)24)15-2-3-25-17(29-15)13-8-27-16-12(13)6-11(21)7-26-16;;/h2-3,6-8,14H,4-5,9-10H2,1H3,(H,26,27)(H,28,32);2*1H/t14-;;/m1../s1. The van der Waals surface area contributed by atoms with Crippen LogP contribution in [0.15, 0.2) is 30.7 Å². The first-order chi connectivity index (χ1) is 16.2. The van der Waals surface area contributed by atoms with E-state index in [-0.39, 0.29) is 22.5 Å². The Balaban J connectivity index is 0.00000228. The Bertz CT molecular complexity index is 1230. The quantitative estimate of drug-likeness (QED) is 0.564. The van der Waals surface area contributed by atoms with Gasteiger partial charge in [0.15, 0.2) is 5.82 Å². The zero-order valence-corrected chi connectivity index (χ0v) is 18.5. The number of methoxy groups -OCH3 is 1. The van der Waals surface area contributed by atoms with E-state index in [2.05, 4.69) is 19.9 Å². The number of alkyl halides is 3. The van der Waals surface area contributed by atoms with E-state index in [1.165, 1.54) is 29.3 Å². The van der Waals surface area contributed by atoms with Gasteiger partial charge in [0.2, 0.25) is 5.91 Å². The number of piperazine rings is 1. The highest BCUT2D eigenvalue weighted by molar-refractivity contribution is 6.31. The molecule has 0 saturated carbocycles. The van der Waals surface area contributed by atoms with Crippen LogP contribution in [0, 0.1) is 0 Å². The number of nitrogens with zero attached hydrogens (tertiary/aromatic N) is 5. The molecule has 0 bridgehead atoms. The van der Waals surface area contributed by atoms with E-state index < -0.39 is 30.8 Å². The lowest BCUT2D eigenvalue weighted by Gasteiger charge is -2.40. The van der Waals surface area contributed by atoms with Crippen molar-refractivity contribution in [3.05, 3.63) is 35.7 Å². The molecular weight excluding hydrogens is 479 g/mol. The van der Waals surface area contributed by atoms with Gasteiger partial charge in [0, 0.05) is 45.5 Å². The predicted molar refractivity (Wildman–Crippen MR) is 121 cm³/mol. The first-order valence-corrected chi connectivity index (χ1v) is 10.4. The Morgan fingerprint density at radius 3 is 2.88 bits per heavy atom. The van der Waals surface area contributed by atoms with Crippen molar-refractivity contribution in [3.8, 4) is 11.4 Å². The zero-order chi connectivity index (χ0) is 24.5. The van der Waals surface area contributed by atoms with Crippen molar-refractivity contribution >= 4 is 40.5 Å². The van der Waals surface area contributed by atoms with Crippen LogP contribution in [-0.2, 0) is 9.53 Å². The summed E-state index contributed by atoms with van der Waals surface area (Å²) in [4.78, 5) is 43.5. The summed E-state index contributed by atoms with van der Waals surface area (Å²) in [5.41, 5.74) is 1.18. The number of rotatable bonds is 4. The van der Waals surface area contributed by atoms with Crippen molar-refractivity contribution in [2.45, 2.75) is 12.2 Å². The van der Waals surface area contributed by atoms with E-state index in [4.69, 9.17) is 16.3 Å². The summed E-state index contributed by atoms with van der Waals surface area (Å²) in [6.45, 7) is -1.35. The smallest absolute Gasteiger partial charge is 0.409 e. The minimum Gasteiger partial charge on any atom is -0.453 e. The summed E-state index contributed by atoms with van der Waals surface area (Å²) in [6.07, 6.45) is -0.627. The third-order valence-electron chi connectivity index (χ3n) is 5.25. The van der Waals surface area contributed by atoms with Gasteiger partial charge in [0.1, 0.15) is 24.1 Å². The lowest BCUT2D eigenvalue weighted by Crippen LogP contribution is -2.61. The van der Waals surface area contributed by atoms with Crippen LogP contribution in [0.3, 0.4) is 0 Å². The van der Waals surface area contributed by atoms with Gasteiger partial charge in [-0.3, -0.25) is 4.79 Å². The number of carbonyl (C=O) groups is 2. The molecule has 2 N–H and O–H groups in total. The maximum absolute atomic E-state index is 12.7. The molecule has 0 aromatic carbocycles. The minimum absolute atomic E-state index is 0. The van der Waals surface area contributed by atoms with Crippen LogP contribution in [0.2, 0.25) is 5.02 Å². The maximum atomic E-state index is 12.7. The molecule has 14 heteroatoms. The fraction of sp³-hybridized carbons (Fsp3) is 0.350. The summed E-state index contributed by atoms with van der Waals surface area (Å²) in [5.74, 6) is -0.280. The normalized spacial score (nSPS) is 16.6. The van der Waals surface area contributed by atoms with Gasteiger partial charge in [-0.2, -0.15) is 13.2 Å². The molecule has 1 aliphatic rings. The molecule has 1 saturated heterocycles. The van der Waals surface area contributed by atoms with Gasteiger partial charge in [-0.1, -0.05) is 11.6 Å². The summed E-state index contributed by atoms with van der Waals surface area (Å²) in [7, 11) is 1.19. The van der Waals surface area contributed by atoms with Crippen molar-refractivity contribution in [2.24, 2.45) is 0 Å². The van der Waals surface area contributed by atoms with Crippen LogP contribution in [0.4, 0.5) is 23.8 Å². The summed E-state index contributed by atoms with van der Waals surface area (Å²) >= 11 is 6.06. The van der Waals surface area contributed by atoms with Crippen molar-refractivity contribution in [1.82, 2.24) is 30.2 Å². The van der Waals surface area contributed by atoms with Gasteiger partial charge in [0.25, 0.3) is 0 Å². The number of aromatic amines is 1. The Labute approximate surface area is 199 Å². The minimum atomic E-state index is -4.58. The highest BCUT2D eigenvalue weighted by Gasteiger charge is 2.37. The Hall–Kier alpha value is -3.61. The number of fused-ring (bicyclic) bond motifs is 1. The highest BCUT2D eigenvalue weighted by atomic mass is 35.5. The topological polar surface area (TPSA) is 116 Å². The number of carbonyl (C=O) groups excluding carboxylic acids is 2. The summed E-state index contributed by atoms with van der Waals surface area (Å²) in [5, 5.41) is 2.99. The van der Waals surface area contributed by atoms with E-state index in [9.17, 15) is 22.8 Å². The molecular formula is C20H23ClF3N7O3. The molecule has 4 heterocycles. The number of pyridine rings is 1. The van der Waals surface area contributed by atoms with Crippen LogP contribution in [0.25, 0.3) is 22.4 Å². The SMILES string of the molecule is COC(=O)N1CCN(c2ccnc(-c3c[nH]c4ncc(Cl)cc34)n2)[C@@H](C(=O)NCC(F)(F)F)C1.[HH].[HH]. The number of hydrogen-bond acceptors (Lipinski definition) is 7. The average Bonchev–Trinajstić information content (AvgIpc) is 3.24. The molecule has 10 nitrogen and oxygen atoms in total. The van der Waals surface area contributed by atoms with Crippen molar-refractivity contribution in [3.63, 3.8) is 0 Å². The highest BCUT2D eigenvalue weighted by Crippen LogP contribution is 2.29. The Morgan fingerprint density at radius 2 is 2.15 bits per heavy atom. The Morgan fingerprint density at radius 1 is 1.35 bits per heavy atom. The molecule has 2 amide bonds. The number of ether oxygens (including phenoxy) is 1. The van der Waals surface area contributed by atoms with Crippen LogP contribution < -0.4 is 10.2 Å². The number of amides is 2. The molecule has 184 valence electrons. The number of nitrogens with one attached hydrogen (secondary N) is 2. The van der Waals surface area contributed by atoms with E-state index in [1.807, 2.05) is 5.32 Å². The molecule has 0 spiro atoms. The van der Waals surface area contributed by atoms with E-state index in [1.54, 1.807) is 18.3 Å². The second-order valence-electron chi connectivity index (χ2n) is 7.45. The number of halogens is 4. The van der Waals surface area contributed by atoms with Gasteiger partial charge in [0.05, 0.1) is 18.7 Å². The van der Waals surface area contributed by atoms with Crippen molar-refractivity contribution < 1.29 is 30.4 Å². The fourth-order valence-electron chi connectivity index (χ4n) is 3.68. The molecule has 3 aromatic heterocycles. The van der Waals surface area contributed by atoms with Gasteiger partial charge in [-0.25, -0.2) is 19.7 Å². The average molecular weight is 502 g/mol. The second kappa shape index (κ2) is 9.33. The van der Waals surface area contributed by atoms with Crippen LogP contribution in [0.5, 0.6) is 0 Å². The van der Waals surface area contributed by atoms with Gasteiger partial charge in [-0.05, 0) is 12.1 Å². The summed E-state index contributed by atoms with van der Waals surface area (Å²) < 4.78 is 42.7. The van der Waals surface area contributed by atoms with Gasteiger partial charge < -0.3 is 24.8 Å². The van der Waals surface area contributed by atoms with Gasteiger partial charge in [-0.15, -0.1) is 0 Å². The van der Waals surface area contributed by atoms with Crippen molar-refractivity contribution in [2.75, 3.05) is 38.2 Å².